The SMILES string of the molecule is Cc1cc(-c2ncccn2)c2cc(C(=O)N3CCOCC3)ccc2n1. The Bertz CT molecular complexity index is 921. The van der Waals surface area contributed by atoms with Crippen molar-refractivity contribution in [3.8, 4) is 11.4 Å². The van der Waals surface area contributed by atoms with Crippen molar-refractivity contribution in [1.82, 2.24) is 19.9 Å². The Hall–Kier alpha value is -2.86. The number of fused-ring (bicyclic) bond motifs is 1. The lowest BCUT2D eigenvalue weighted by Crippen LogP contribution is -2.40. The molecule has 3 heterocycles. The second-order valence-electron chi connectivity index (χ2n) is 6.02. The predicted octanol–water partition coefficient (Wildman–Crippen LogP) is 2.47. The first-order chi connectivity index (χ1) is 12.2. The topological polar surface area (TPSA) is 68.2 Å². The summed E-state index contributed by atoms with van der Waals surface area (Å²) in [6.07, 6.45) is 3.43. The number of carbonyl (C=O) groups is 1. The average molecular weight is 334 g/mol. The van der Waals surface area contributed by atoms with E-state index in [1.54, 1.807) is 18.5 Å². The van der Waals surface area contributed by atoms with Gasteiger partial charge in [0.15, 0.2) is 5.82 Å². The highest BCUT2D eigenvalue weighted by atomic mass is 16.5. The first kappa shape index (κ1) is 15.7. The maximum absolute atomic E-state index is 12.8. The summed E-state index contributed by atoms with van der Waals surface area (Å²) in [5.74, 6) is 0.652. The number of hydrogen-bond acceptors (Lipinski definition) is 5. The number of carbonyl (C=O) groups excluding carboxylic acids is 1. The van der Waals surface area contributed by atoms with Crippen molar-refractivity contribution in [3.63, 3.8) is 0 Å². The Kier molecular flexibility index (Phi) is 4.11. The molecule has 6 heteroatoms. The largest absolute Gasteiger partial charge is 0.378 e. The van der Waals surface area contributed by atoms with Crippen LogP contribution < -0.4 is 0 Å². The summed E-state index contributed by atoms with van der Waals surface area (Å²) >= 11 is 0. The van der Waals surface area contributed by atoms with Gasteiger partial charge in [-0.25, -0.2) is 9.97 Å². The van der Waals surface area contributed by atoms with E-state index in [1.807, 2.05) is 36.1 Å². The highest BCUT2D eigenvalue weighted by molar-refractivity contribution is 6.01. The molecule has 3 aromatic rings. The minimum absolute atomic E-state index is 0.0192. The van der Waals surface area contributed by atoms with Crippen molar-refractivity contribution in [1.29, 1.82) is 0 Å². The summed E-state index contributed by atoms with van der Waals surface area (Å²) in [5, 5.41) is 0.885. The van der Waals surface area contributed by atoms with Crippen molar-refractivity contribution in [2.75, 3.05) is 26.3 Å². The smallest absolute Gasteiger partial charge is 0.254 e. The van der Waals surface area contributed by atoms with Crippen LogP contribution in [0.3, 0.4) is 0 Å². The van der Waals surface area contributed by atoms with Crippen LogP contribution in [-0.4, -0.2) is 52.1 Å². The standard InChI is InChI=1S/C19H18N4O2/c1-13-11-16(18-20-5-2-6-21-18)15-12-14(3-4-17(15)22-13)19(24)23-7-9-25-10-8-23/h2-6,11-12H,7-10H2,1H3. The fourth-order valence-corrected chi connectivity index (χ4v) is 3.06. The fraction of sp³-hybridized carbons (Fsp3) is 0.263. The van der Waals surface area contributed by atoms with Gasteiger partial charge in [0.1, 0.15) is 0 Å². The molecule has 1 fully saturated rings. The molecule has 4 rings (SSSR count). The van der Waals surface area contributed by atoms with Crippen molar-refractivity contribution < 1.29 is 9.53 Å². The van der Waals surface area contributed by atoms with Crippen LogP contribution in [-0.2, 0) is 4.74 Å². The molecule has 6 nitrogen and oxygen atoms in total. The van der Waals surface area contributed by atoms with Gasteiger partial charge in [-0.3, -0.25) is 9.78 Å². The normalized spacial score (nSPS) is 14.7. The lowest BCUT2D eigenvalue weighted by atomic mass is 10.0. The van der Waals surface area contributed by atoms with Crippen LogP contribution in [0.1, 0.15) is 16.1 Å². The first-order valence-electron chi connectivity index (χ1n) is 8.28. The summed E-state index contributed by atoms with van der Waals surface area (Å²) in [4.78, 5) is 27.9. The van der Waals surface area contributed by atoms with Crippen LogP contribution in [0.4, 0.5) is 0 Å². The number of amides is 1. The van der Waals surface area contributed by atoms with Gasteiger partial charge < -0.3 is 9.64 Å². The number of pyridine rings is 1. The molecular formula is C19H18N4O2. The van der Waals surface area contributed by atoms with Crippen molar-refractivity contribution in [2.24, 2.45) is 0 Å². The second-order valence-corrected chi connectivity index (χ2v) is 6.02. The number of rotatable bonds is 2. The molecule has 126 valence electrons. The van der Waals surface area contributed by atoms with E-state index >= 15 is 0 Å². The van der Waals surface area contributed by atoms with Crippen LogP contribution >= 0.6 is 0 Å². The van der Waals surface area contributed by atoms with E-state index in [0.717, 1.165) is 22.2 Å². The van der Waals surface area contributed by atoms with Gasteiger partial charge in [-0.15, -0.1) is 0 Å². The van der Waals surface area contributed by atoms with Crippen LogP contribution in [0, 0.1) is 6.92 Å². The third kappa shape index (κ3) is 3.08. The van der Waals surface area contributed by atoms with Crippen molar-refractivity contribution >= 4 is 16.8 Å². The molecule has 1 saturated heterocycles. The van der Waals surface area contributed by atoms with E-state index in [9.17, 15) is 4.79 Å². The Balaban J connectivity index is 1.81. The number of benzene rings is 1. The minimum Gasteiger partial charge on any atom is -0.378 e. The Labute approximate surface area is 145 Å². The number of morpholine rings is 1. The molecule has 1 aliphatic heterocycles. The van der Waals surface area contributed by atoms with E-state index in [-0.39, 0.29) is 5.91 Å². The number of aromatic nitrogens is 3. The molecule has 0 N–H and O–H groups in total. The Morgan fingerprint density at radius 3 is 2.64 bits per heavy atom. The summed E-state index contributed by atoms with van der Waals surface area (Å²) < 4.78 is 5.33. The molecular weight excluding hydrogens is 316 g/mol. The second kappa shape index (κ2) is 6.57. The van der Waals surface area contributed by atoms with Crippen molar-refractivity contribution in [3.05, 3.63) is 54.0 Å². The maximum atomic E-state index is 12.8. The molecule has 0 saturated carbocycles. The van der Waals surface area contributed by atoms with E-state index in [1.165, 1.54) is 0 Å². The molecule has 1 aliphatic rings. The van der Waals surface area contributed by atoms with Gasteiger partial charge in [-0.1, -0.05) is 0 Å². The van der Waals surface area contributed by atoms with E-state index in [0.29, 0.717) is 37.7 Å². The lowest BCUT2D eigenvalue weighted by Gasteiger charge is -2.27. The van der Waals surface area contributed by atoms with Crippen LogP contribution in [0.25, 0.3) is 22.3 Å². The van der Waals surface area contributed by atoms with E-state index < -0.39 is 0 Å². The highest BCUT2D eigenvalue weighted by Crippen LogP contribution is 2.27. The van der Waals surface area contributed by atoms with Crippen LogP contribution in [0.15, 0.2) is 42.7 Å². The van der Waals surface area contributed by atoms with Gasteiger partial charge in [0.25, 0.3) is 5.91 Å². The number of nitrogens with zero attached hydrogens (tertiary/aromatic N) is 4. The zero-order chi connectivity index (χ0) is 17.2. The zero-order valence-electron chi connectivity index (χ0n) is 14.0. The molecule has 1 amide bonds. The molecule has 1 aromatic carbocycles. The highest BCUT2D eigenvalue weighted by Gasteiger charge is 2.19. The van der Waals surface area contributed by atoms with Crippen LogP contribution in [0.2, 0.25) is 0 Å². The summed E-state index contributed by atoms with van der Waals surface area (Å²) in [7, 11) is 0. The quantitative estimate of drug-likeness (QED) is 0.720. The maximum Gasteiger partial charge on any atom is 0.254 e. The van der Waals surface area contributed by atoms with E-state index in [2.05, 4.69) is 15.0 Å². The molecule has 0 radical (unpaired) electrons. The van der Waals surface area contributed by atoms with E-state index in [4.69, 9.17) is 4.74 Å². The molecule has 0 unspecified atom stereocenters. The summed E-state index contributed by atoms with van der Waals surface area (Å²) in [6.45, 7) is 4.36. The Morgan fingerprint density at radius 1 is 1.12 bits per heavy atom. The lowest BCUT2D eigenvalue weighted by molar-refractivity contribution is 0.0303. The summed E-state index contributed by atoms with van der Waals surface area (Å²) in [5.41, 5.74) is 3.26. The average Bonchev–Trinajstić information content (AvgIpc) is 2.68. The van der Waals surface area contributed by atoms with Crippen LogP contribution in [0.5, 0.6) is 0 Å². The number of ether oxygens (including phenoxy) is 1. The minimum atomic E-state index is 0.0192. The molecule has 2 aromatic heterocycles. The molecule has 0 spiro atoms. The van der Waals surface area contributed by atoms with Gasteiger partial charge in [-0.05, 0) is 37.3 Å². The predicted molar refractivity (Wildman–Crippen MR) is 94.2 cm³/mol. The zero-order valence-corrected chi connectivity index (χ0v) is 14.0. The number of aryl methyl sites for hydroxylation is 1. The third-order valence-corrected chi connectivity index (χ3v) is 4.29. The Morgan fingerprint density at radius 2 is 1.88 bits per heavy atom. The van der Waals surface area contributed by atoms with Gasteiger partial charge in [0, 0.05) is 47.7 Å². The van der Waals surface area contributed by atoms with Crippen molar-refractivity contribution in [2.45, 2.75) is 6.92 Å². The third-order valence-electron chi connectivity index (χ3n) is 4.29. The molecule has 0 bridgehead atoms. The summed E-state index contributed by atoms with van der Waals surface area (Å²) in [6, 6.07) is 9.36. The fourth-order valence-electron chi connectivity index (χ4n) is 3.06. The first-order valence-corrected chi connectivity index (χ1v) is 8.28. The molecule has 25 heavy (non-hydrogen) atoms. The molecule has 0 atom stereocenters. The number of hydrogen-bond donors (Lipinski definition) is 0. The van der Waals surface area contributed by atoms with Gasteiger partial charge in [0.05, 0.1) is 18.7 Å². The monoisotopic (exact) mass is 334 g/mol. The van der Waals surface area contributed by atoms with Gasteiger partial charge in [-0.2, -0.15) is 0 Å². The van der Waals surface area contributed by atoms with Gasteiger partial charge in [0.2, 0.25) is 0 Å². The molecule has 0 aliphatic carbocycles. The van der Waals surface area contributed by atoms with Gasteiger partial charge >= 0.3 is 0 Å².